The van der Waals surface area contributed by atoms with Crippen molar-refractivity contribution < 1.29 is 8.42 Å². The molecule has 0 bridgehead atoms. The van der Waals surface area contributed by atoms with Gasteiger partial charge >= 0.3 is 5.69 Å². The van der Waals surface area contributed by atoms with Crippen LogP contribution >= 0.6 is 0 Å². The van der Waals surface area contributed by atoms with Gasteiger partial charge in [-0.1, -0.05) is 12.1 Å². The SMILES string of the molecule is Cc1ccc(C)c(S(=O)(=O)N2CCC(c3nn(C)c(=O)n3C3CC3)CC2)c1. The van der Waals surface area contributed by atoms with Crippen LogP contribution in [0, 0.1) is 13.8 Å². The van der Waals surface area contributed by atoms with Gasteiger partial charge in [-0.25, -0.2) is 17.9 Å². The highest BCUT2D eigenvalue weighted by molar-refractivity contribution is 7.89. The van der Waals surface area contributed by atoms with Gasteiger partial charge in [0.1, 0.15) is 5.82 Å². The van der Waals surface area contributed by atoms with Crippen LogP contribution in [0.1, 0.15) is 54.6 Å². The smallest absolute Gasteiger partial charge is 0.276 e. The van der Waals surface area contributed by atoms with Crippen molar-refractivity contribution >= 4 is 10.0 Å². The summed E-state index contributed by atoms with van der Waals surface area (Å²) in [6.45, 7) is 4.65. The second kappa shape index (κ2) is 6.60. The van der Waals surface area contributed by atoms with Crippen molar-refractivity contribution in [3.63, 3.8) is 0 Å². The van der Waals surface area contributed by atoms with Crippen LogP contribution in [-0.2, 0) is 17.1 Å². The molecule has 1 saturated heterocycles. The van der Waals surface area contributed by atoms with Crippen LogP contribution in [-0.4, -0.2) is 40.2 Å². The number of aryl methyl sites for hydroxylation is 3. The van der Waals surface area contributed by atoms with Gasteiger partial charge in [0.2, 0.25) is 10.0 Å². The molecule has 0 atom stereocenters. The summed E-state index contributed by atoms with van der Waals surface area (Å²) >= 11 is 0. The largest absolute Gasteiger partial charge is 0.345 e. The quantitative estimate of drug-likeness (QED) is 0.801. The van der Waals surface area contributed by atoms with Crippen LogP contribution < -0.4 is 5.69 Å². The first-order chi connectivity index (χ1) is 12.8. The molecule has 1 aliphatic heterocycles. The molecule has 2 heterocycles. The second-order valence-corrected chi connectivity index (χ2v) is 9.72. The summed E-state index contributed by atoms with van der Waals surface area (Å²) in [6, 6.07) is 5.81. The Morgan fingerprint density at radius 3 is 2.37 bits per heavy atom. The van der Waals surface area contributed by atoms with Gasteiger partial charge < -0.3 is 0 Å². The third kappa shape index (κ3) is 3.25. The molecule has 2 fully saturated rings. The van der Waals surface area contributed by atoms with E-state index in [9.17, 15) is 13.2 Å². The number of rotatable bonds is 4. The molecule has 27 heavy (non-hydrogen) atoms. The normalized spacial score (nSPS) is 19.5. The number of hydrogen-bond donors (Lipinski definition) is 0. The van der Waals surface area contributed by atoms with Crippen molar-refractivity contribution in [3.05, 3.63) is 45.6 Å². The van der Waals surface area contributed by atoms with Gasteiger partial charge in [0.05, 0.1) is 4.90 Å². The Labute approximate surface area is 159 Å². The predicted octanol–water partition coefficient (Wildman–Crippen LogP) is 2.10. The maximum absolute atomic E-state index is 13.1. The fraction of sp³-hybridized carbons (Fsp3) is 0.579. The number of aromatic nitrogens is 3. The Hall–Kier alpha value is -1.93. The van der Waals surface area contributed by atoms with Crippen molar-refractivity contribution in [2.75, 3.05) is 13.1 Å². The van der Waals surface area contributed by atoms with Crippen molar-refractivity contribution in [2.24, 2.45) is 7.05 Å². The number of nitrogens with zero attached hydrogens (tertiary/aromatic N) is 4. The van der Waals surface area contributed by atoms with Gasteiger partial charge in [-0.3, -0.25) is 4.57 Å². The van der Waals surface area contributed by atoms with E-state index < -0.39 is 10.0 Å². The summed E-state index contributed by atoms with van der Waals surface area (Å²) in [4.78, 5) is 12.7. The predicted molar refractivity (Wildman–Crippen MR) is 102 cm³/mol. The van der Waals surface area contributed by atoms with Gasteiger partial charge in [-0.15, -0.1) is 0 Å². The van der Waals surface area contributed by atoms with E-state index in [1.165, 1.54) is 4.68 Å². The molecule has 0 unspecified atom stereocenters. The average Bonchev–Trinajstić information content (AvgIpc) is 3.43. The topological polar surface area (TPSA) is 77.2 Å². The zero-order valence-corrected chi connectivity index (χ0v) is 16.9. The minimum atomic E-state index is -3.50. The number of benzene rings is 1. The third-order valence-electron chi connectivity index (χ3n) is 5.67. The molecule has 1 saturated carbocycles. The summed E-state index contributed by atoms with van der Waals surface area (Å²) < 4.78 is 31.0. The molecule has 2 aliphatic rings. The van der Waals surface area contributed by atoms with Crippen molar-refractivity contribution in [3.8, 4) is 0 Å². The van der Waals surface area contributed by atoms with Crippen LogP contribution in [0.25, 0.3) is 0 Å². The maximum atomic E-state index is 13.1. The van der Waals surface area contributed by atoms with Gasteiger partial charge in [0.25, 0.3) is 0 Å². The van der Waals surface area contributed by atoms with Crippen LogP contribution in [0.2, 0.25) is 0 Å². The molecule has 0 spiro atoms. The van der Waals surface area contributed by atoms with Crippen LogP contribution in [0.5, 0.6) is 0 Å². The van der Waals surface area contributed by atoms with E-state index in [1.807, 2.05) is 30.5 Å². The Balaban J connectivity index is 1.55. The highest BCUT2D eigenvalue weighted by Crippen LogP contribution is 2.38. The zero-order valence-electron chi connectivity index (χ0n) is 16.1. The fourth-order valence-corrected chi connectivity index (χ4v) is 5.71. The van der Waals surface area contributed by atoms with Crippen LogP contribution in [0.4, 0.5) is 0 Å². The van der Waals surface area contributed by atoms with E-state index in [2.05, 4.69) is 5.10 Å². The molecule has 1 aromatic heterocycles. The summed E-state index contributed by atoms with van der Waals surface area (Å²) in [5.41, 5.74) is 1.66. The van der Waals surface area contributed by atoms with E-state index in [-0.39, 0.29) is 17.6 Å². The molecule has 8 heteroatoms. The first-order valence-electron chi connectivity index (χ1n) is 9.52. The Morgan fingerprint density at radius 1 is 1.07 bits per heavy atom. The summed E-state index contributed by atoms with van der Waals surface area (Å²) in [5.74, 6) is 0.957. The molecule has 7 nitrogen and oxygen atoms in total. The molecular formula is C19H26N4O3S. The zero-order chi connectivity index (χ0) is 19.3. The molecule has 1 aliphatic carbocycles. The molecule has 146 valence electrons. The lowest BCUT2D eigenvalue weighted by molar-refractivity contribution is 0.308. The van der Waals surface area contributed by atoms with E-state index in [0.29, 0.717) is 30.8 Å². The number of sulfonamides is 1. The molecule has 0 amide bonds. The molecule has 1 aromatic carbocycles. The fourth-order valence-electron chi connectivity index (χ4n) is 3.93. The van der Waals surface area contributed by atoms with E-state index >= 15 is 0 Å². The minimum absolute atomic E-state index is 0.0575. The van der Waals surface area contributed by atoms with Gasteiger partial charge in [-0.05, 0) is 56.7 Å². The summed E-state index contributed by atoms with van der Waals surface area (Å²) in [6.07, 6.45) is 3.43. The van der Waals surface area contributed by atoms with Crippen molar-refractivity contribution in [1.29, 1.82) is 0 Å². The lowest BCUT2D eigenvalue weighted by Crippen LogP contribution is -2.38. The van der Waals surface area contributed by atoms with Crippen molar-refractivity contribution in [1.82, 2.24) is 18.7 Å². The van der Waals surface area contributed by atoms with Crippen LogP contribution in [0.3, 0.4) is 0 Å². The van der Waals surface area contributed by atoms with E-state index in [0.717, 1.165) is 29.8 Å². The Kier molecular flexibility index (Phi) is 4.50. The molecule has 2 aromatic rings. The monoisotopic (exact) mass is 390 g/mol. The third-order valence-corrected chi connectivity index (χ3v) is 7.72. The highest BCUT2D eigenvalue weighted by Gasteiger charge is 2.36. The van der Waals surface area contributed by atoms with Crippen molar-refractivity contribution in [2.45, 2.75) is 56.4 Å². The maximum Gasteiger partial charge on any atom is 0.345 e. The van der Waals surface area contributed by atoms with E-state index in [1.54, 1.807) is 17.4 Å². The molecule has 0 radical (unpaired) electrons. The average molecular weight is 391 g/mol. The Bertz CT molecular complexity index is 1030. The van der Waals surface area contributed by atoms with E-state index in [4.69, 9.17) is 0 Å². The molecule has 0 N–H and O–H groups in total. The number of piperidine rings is 1. The first-order valence-corrected chi connectivity index (χ1v) is 11.0. The van der Waals surface area contributed by atoms with Gasteiger partial charge in [-0.2, -0.15) is 9.40 Å². The molecular weight excluding hydrogens is 364 g/mol. The van der Waals surface area contributed by atoms with Gasteiger partial charge in [0, 0.05) is 32.1 Å². The summed E-state index contributed by atoms with van der Waals surface area (Å²) in [5, 5.41) is 4.47. The lowest BCUT2D eigenvalue weighted by atomic mass is 9.97. The summed E-state index contributed by atoms with van der Waals surface area (Å²) in [7, 11) is -1.81. The first kappa shape index (κ1) is 18.4. The number of hydrogen-bond acceptors (Lipinski definition) is 4. The highest BCUT2D eigenvalue weighted by atomic mass is 32.2. The second-order valence-electron chi connectivity index (χ2n) is 7.81. The standard InChI is InChI=1S/C19H26N4O3S/c1-13-4-5-14(2)17(12-13)27(25,26)22-10-8-15(9-11-22)18-20-21(3)19(24)23(18)16-6-7-16/h4-5,12,15-16H,6-11H2,1-3H3. The molecule has 4 rings (SSSR count). The van der Waals surface area contributed by atoms with Gasteiger partial charge in [0.15, 0.2) is 0 Å². The van der Waals surface area contributed by atoms with Crippen LogP contribution in [0.15, 0.2) is 27.9 Å². The Morgan fingerprint density at radius 2 is 1.74 bits per heavy atom. The minimum Gasteiger partial charge on any atom is -0.276 e. The lowest BCUT2D eigenvalue weighted by Gasteiger charge is -2.31.